The molecule has 5 nitrogen and oxygen atoms in total. The van der Waals surface area contributed by atoms with E-state index in [0.29, 0.717) is 5.82 Å². The van der Waals surface area contributed by atoms with Crippen molar-refractivity contribution in [2.45, 2.75) is 25.9 Å². The molecule has 1 aliphatic rings. The third-order valence-electron chi connectivity index (χ3n) is 5.66. The van der Waals surface area contributed by atoms with E-state index in [-0.39, 0.29) is 0 Å². The van der Waals surface area contributed by atoms with E-state index in [1.165, 1.54) is 48.0 Å². The summed E-state index contributed by atoms with van der Waals surface area (Å²) >= 11 is 0. The van der Waals surface area contributed by atoms with Crippen molar-refractivity contribution in [3.05, 3.63) is 71.9 Å². The molecule has 0 bridgehead atoms. The maximum atomic E-state index is 5.75. The molecular formula is C23H25N5. The van der Waals surface area contributed by atoms with Gasteiger partial charge in [-0.3, -0.25) is 10.00 Å². The topological polar surface area (TPSA) is 62.9 Å². The highest BCUT2D eigenvalue weighted by Crippen LogP contribution is 2.25. The Balaban J connectivity index is 1.37. The second-order valence-corrected chi connectivity index (χ2v) is 7.72. The number of hydrogen-bond acceptors (Lipinski definition) is 3. The van der Waals surface area contributed by atoms with Crippen LogP contribution < -0.4 is 5.73 Å². The average Bonchev–Trinajstić information content (AvgIpc) is 3.45. The lowest BCUT2D eigenvalue weighted by molar-refractivity contribution is 0.331. The molecule has 142 valence electrons. The quantitative estimate of drug-likeness (QED) is 0.551. The molecule has 0 unspecified atom stereocenters. The molecule has 1 aliphatic heterocycles. The number of nitrogens with zero attached hydrogens (tertiary/aromatic N) is 3. The number of nitrogens with one attached hydrogen (secondary N) is 1. The zero-order valence-electron chi connectivity index (χ0n) is 15.9. The fourth-order valence-corrected chi connectivity index (χ4v) is 4.12. The van der Waals surface area contributed by atoms with Crippen LogP contribution in [0.25, 0.3) is 22.2 Å². The van der Waals surface area contributed by atoms with E-state index in [1.807, 2.05) is 6.07 Å². The molecule has 0 spiro atoms. The molecule has 1 saturated heterocycles. The summed E-state index contributed by atoms with van der Waals surface area (Å²) in [6, 6.07) is 19.6. The smallest absolute Gasteiger partial charge is 0.145 e. The van der Waals surface area contributed by atoms with Crippen molar-refractivity contribution in [3.8, 4) is 11.3 Å². The number of H-pyrrole nitrogens is 1. The molecule has 0 atom stereocenters. The van der Waals surface area contributed by atoms with Gasteiger partial charge in [-0.1, -0.05) is 36.4 Å². The number of benzene rings is 2. The number of likely N-dealkylation sites (tertiary alicyclic amines) is 1. The van der Waals surface area contributed by atoms with Crippen molar-refractivity contribution in [2.24, 2.45) is 0 Å². The second kappa shape index (κ2) is 7.17. The number of aromatic amines is 1. The van der Waals surface area contributed by atoms with Crippen molar-refractivity contribution < 1.29 is 0 Å². The van der Waals surface area contributed by atoms with E-state index in [2.05, 4.69) is 74.4 Å². The summed E-state index contributed by atoms with van der Waals surface area (Å²) in [5.41, 5.74) is 11.7. The van der Waals surface area contributed by atoms with E-state index >= 15 is 0 Å². The fourth-order valence-electron chi connectivity index (χ4n) is 4.12. The molecule has 28 heavy (non-hydrogen) atoms. The second-order valence-electron chi connectivity index (χ2n) is 7.72. The Bertz CT molecular complexity index is 1080. The van der Waals surface area contributed by atoms with E-state index in [0.717, 1.165) is 24.3 Å². The fraction of sp³-hybridized carbons (Fsp3) is 0.261. The molecule has 5 heteroatoms. The Hall–Kier alpha value is -3.05. The Morgan fingerprint density at radius 3 is 2.36 bits per heavy atom. The highest BCUT2D eigenvalue weighted by atomic mass is 15.2. The number of aromatic nitrogens is 3. The molecule has 0 aliphatic carbocycles. The van der Waals surface area contributed by atoms with Gasteiger partial charge in [0.15, 0.2) is 0 Å². The summed E-state index contributed by atoms with van der Waals surface area (Å²) < 4.78 is 2.30. The van der Waals surface area contributed by atoms with Crippen molar-refractivity contribution >= 4 is 16.7 Å². The van der Waals surface area contributed by atoms with Gasteiger partial charge in [-0.2, -0.15) is 5.10 Å². The van der Waals surface area contributed by atoms with Crippen LogP contribution in [-0.2, 0) is 13.1 Å². The normalized spacial score (nSPS) is 14.9. The summed E-state index contributed by atoms with van der Waals surface area (Å²) in [5, 5.41) is 8.27. The summed E-state index contributed by atoms with van der Waals surface area (Å²) in [5.74, 6) is 0.513. The van der Waals surface area contributed by atoms with Crippen molar-refractivity contribution in [3.63, 3.8) is 0 Å². The van der Waals surface area contributed by atoms with E-state index in [9.17, 15) is 0 Å². The molecule has 2 aromatic carbocycles. The highest BCUT2D eigenvalue weighted by molar-refractivity contribution is 5.85. The van der Waals surface area contributed by atoms with Crippen LogP contribution in [0.4, 0.5) is 5.82 Å². The maximum absolute atomic E-state index is 5.75. The number of nitrogens with two attached hydrogens (primary N) is 1. The minimum Gasteiger partial charge on any atom is -0.382 e. The van der Waals surface area contributed by atoms with E-state index in [4.69, 9.17) is 5.73 Å². The highest BCUT2D eigenvalue weighted by Gasteiger charge is 2.11. The number of hydrogen-bond donors (Lipinski definition) is 2. The third-order valence-corrected chi connectivity index (χ3v) is 5.66. The average molecular weight is 371 g/mol. The number of fused-ring (bicyclic) bond motifs is 1. The summed E-state index contributed by atoms with van der Waals surface area (Å²) in [4.78, 5) is 2.54. The van der Waals surface area contributed by atoms with Crippen LogP contribution in [0.15, 0.2) is 60.8 Å². The summed E-state index contributed by atoms with van der Waals surface area (Å²) in [6.07, 6.45) is 4.84. The Morgan fingerprint density at radius 1 is 0.893 bits per heavy atom. The van der Waals surface area contributed by atoms with Crippen molar-refractivity contribution in [1.29, 1.82) is 0 Å². The molecule has 2 aromatic heterocycles. The first-order chi connectivity index (χ1) is 13.7. The molecule has 4 aromatic rings. The first kappa shape index (κ1) is 17.1. The monoisotopic (exact) mass is 371 g/mol. The third kappa shape index (κ3) is 3.41. The lowest BCUT2D eigenvalue weighted by Crippen LogP contribution is -2.18. The zero-order valence-corrected chi connectivity index (χ0v) is 15.9. The van der Waals surface area contributed by atoms with Gasteiger partial charge in [0.2, 0.25) is 0 Å². The van der Waals surface area contributed by atoms with Crippen LogP contribution >= 0.6 is 0 Å². The van der Waals surface area contributed by atoms with Gasteiger partial charge >= 0.3 is 0 Å². The standard InChI is InChI=1S/C23H25N5/c24-23-14-21(25-26-23)20-8-7-19-9-12-28(22(19)13-20)16-18-5-3-17(4-6-18)15-27-10-1-2-11-27/h3-9,12-14H,1-2,10-11,15-16H2,(H3,24,25,26). The van der Waals surface area contributed by atoms with Gasteiger partial charge in [0.25, 0.3) is 0 Å². The SMILES string of the molecule is Nc1cc(-c2ccc3ccn(Cc4ccc(CN5CCCC5)cc4)c3c2)[nH]n1. The van der Waals surface area contributed by atoms with Gasteiger partial charge in [-0.15, -0.1) is 0 Å². The van der Waals surface area contributed by atoms with Gasteiger partial charge < -0.3 is 10.3 Å². The summed E-state index contributed by atoms with van der Waals surface area (Å²) in [7, 11) is 0. The van der Waals surface area contributed by atoms with Crippen molar-refractivity contribution in [2.75, 3.05) is 18.8 Å². The predicted molar refractivity (Wildman–Crippen MR) is 114 cm³/mol. The van der Waals surface area contributed by atoms with Gasteiger partial charge in [0, 0.05) is 36.4 Å². The number of anilines is 1. The summed E-state index contributed by atoms with van der Waals surface area (Å²) in [6.45, 7) is 4.41. The van der Waals surface area contributed by atoms with Crippen LogP contribution in [0.5, 0.6) is 0 Å². The molecule has 3 heterocycles. The first-order valence-corrected chi connectivity index (χ1v) is 9.95. The van der Waals surface area contributed by atoms with Gasteiger partial charge in [-0.05, 0) is 54.6 Å². The molecule has 0 saturated carbocycles. The van der Waals surface area contributed by atoms with Gasteiger partial charge in [0.05, 0.1) is 5.69 Å². The Labute approximate surface area is 164 Å². The number of nitrogen functional groups attached to an aromatic ring is 1. The van der Waals surface area contributed by atoms with E-state index < -0.39 is 0 Å². The first-order valence-electron chi connectivity index (χ1n) is 9.95. The minimum atomic E-state index is 0.513. The Morgan fingerprint density at radius 2 is 1.64 bits per heavy atom. The van der Waals surface area contributed by atoms with Gasteiger partial charge in [0.1, 0.15) is 5.82 Å². The minimum absolute atomic E-state index is 0.513. The number of rotatable bonds is 5. The molecule has 3 N–H and O–H groups in total. The van der Waals surface area contributed by atoms with Crippen LogP contribution in [-0.4, -0.2) is 32.8 Å². The Kier molecular flexibility index (Phi) is 4.37. The largest absolute Gasteiger partial charge is 0.382 e. The molecule has 5 rings (SSSR count). The van der Waals surface area contributed by atoms with Crippen LogP contribution in [0.3, 0.4) is 0 Å². The molecule has 0 amide bonds. The van der Waals surface area contributed by atoms with Crippen LogP contribution in [0.1, 0.15) is 24.0 Å². The molecular weight excluding hydrogens is 346 g/mol. The maximum Gasteiger partial charge on any atom is 0.145 e. The van der Waals surface area contributed by atoms with Crippen LogP contribution in [0, 0.1) is 0 Å². The van der Waals surface area contributed by atoms with Crippen molar-refractivity contribution in [1.82, 2.24) is 19.7 Å². The molecule has 1 fully saturated rings. The predicted octanol–water partition coefficient (Wildman–Crippen LogP) is 4.26. The molecule has 0 radical (unpaired) electrons. The lowest BCUT2D eigenvalue weighted by Gasteiger charge is -2.15. The van der Waals surface area contributed by atoms with Crippen LogP contribution in [0.2, 0.25) is 0 Å². The lowest BCUT2D eigenvalue weighted by atomic mass is 10.1. The van der Waals surface area contributed by atoms with Gasteiger partial charge in [-0.25, -0.2) is 0 Å². The van der Waals surface area contributed by atoms with E-state index in [1.54, 1.807) is 0 Å². The zero-order chi connectivity index (χ0) is 18.9.